The molecule has 0 bridgehead atoms. The standard InChI is InChI=1S/C20H22N6/c1-4-15-11-10-14(2)26-20(15)21-17(23-26)12-13-18-22-19(24-25(18)3)16-8-6-5-7-9-16/h5-11H,4,12-13H2,1-3H3. The Morgan fingerprint density at radius 2 is 1.73 bits per heavy atom. The molecule has 0 spiro atoms. The molecule has 0 unspecified atom stereocenters. The van der Waals surface area contributed by atoms with Gasteiger partial charge in [0.15, 0.2) is 17.3 Å². The zero-order chi connectivity index (χ0) is 18.1. The van der Waals surface area contributed by atoms with Crippen molar-refractivity contribution in [3.05, 3.63) is 65.4 Å². The second-order valence-corrected chi connectivity index (χ2v) is 6.46. The molecule has 0 saturated carbocycles. The predicted molar refractivity (Wildman–Crippen MR) is 101 cm³/mol. The fraction of sp³-hybridized carbons (Fsp3) is 0.300. The van der Waals surface area contributed by atoms with E-state index in [0.717, 1.165) is 53.6 Å². The van der Waals surface area contributed by atoms with Crippen LogP contribution in [0.15, 0.2) is 42.5 Å². The third kappa shape index (κ3) is 2.98. The summed E-state index contributed by atoms with van der Waals surface area (Å²) in [6, 6.07) is 14.3. The number of benzene rings is 1. The molecule has 6 heteroatoms. The van der Waals surface area contributed by atoms with E-state index in [9.17, 15) is 0 Å². The van der Waals surface area contributed by atoms with Crippen LogP contribution in [0.1, 0.15) is 29.8 Å². The summed E-state index contributed by atoms with van der Waals surface area (Å²) >= 11 is 0. The van der Waals surface area contributed by atoms with Gasteiger partial charge in [0.1, 0.15) is 5.82 Å². The average Bonchev–Trinajstić information content (AvgIpc) is 3.25. The van der Waals surface area contributed by atoms with E-state index in [0.29, 0.717) is 0 Å². The Morgan fingerprint density at radius 3 is 2.50 bits per heavy atom. The predicted octanol–water partition coefficient (Wildman–Crippen LogP) is 3.18. The van der Waals surface area contributed by atoms with Crippen molar-refractivity contribution in [2.45, 2.75) is 33.1 Å². The summed E-state index contributed by atoms with van der Waals surface area (Å²) in [5.41, 5.74) is 4.31. The van der Waals surface area contributed by atoms with E-state index in [2.05, 4.69) is 41.2 Å². The molecular weight excluding hydrogens is 324 g/mol. The van der Waals surface area contributed by atoms with Gasteiger partial charge in [0.2, 0.25) is 0 Å². The van der Waals surface area contributed by atoms with Crippen LogP contribution < -0.4 is 0 Å². The topological polar surface area (TPSA) is 60.9 Å². The minimum atomic E-state index is 0.741. The summed E-state index contributed by atoms with van der Waals surface area (Å²) < 4.78 is 3.79. The SMILES string of the molecule is CCc1ccc(C)n2nc(CCc3nc(-c4ccccc4)nn3C)nc12. The molecule has 0 radical (unpaired) electrons. The second-order valence-electron chi connectivity index (χ2n) is 6.46. The van der Waals surface area contributed by atoms with Crippen LogP contribution in [0.2, 0.25) is 0 Å². The number of aryl methyl sites for hydroxylation is 5. The van der Waals surface area contributed by atoms with E-state index in [-0.39, 0.29) is 0 Å². The van der Waals surface area contributed by atoms with Crippen molar-refractivity contribution < 1.29 is 0 Å². The Labute approximate surface area is 152 Å². The molecule has 0 amide bonds. The number of aromatic nitrogens is 6. The quantitative estimate of drug-likeness (QED) is 0.557. The number of fused-ring (bicyclic) bond motifs is 1. The van der Waals surface area contributed by atoms with Gasteiger partial charge in [-0.2, -0.15) is 10.2 Å². The molecule has 132 valence electrons. The molecular formula is C20H22N6. The first kappa shape index (κ1) is 16.4. The highest BCUT2D eigenvalue weighted by molar-refractivity contribution is 5.54. The highest BCUT2D eigenvalue weighted by atomic mass is 15.3. The highest BCUT2D eigenvalue weighted by Crippen LogP contribution is 2.16. The summed E-state index contributed by atoms with van der Waals surface area (Å²) in [5, 5.41) is 9.22. The number of rotatable bonds is 5. The summed E-state index contributed by atoms with van der Waals surface area (Å²) in [4.78, 5) is 9.44. The zero-order valence-electron chi connectivity index (χ0n) is 15.3. The van der Waals surface area contributed by atoms with Gasteiger partial charge in [-0.3, -0.25) is 4.68 Å². The largest absolute Gasteiger partial charge is 0.253 e. The highest BCUT2D eigenvalue weighted by Gasteiger charge is 2.13. The van der Waals surface area contributed by atoms with E-state index in [1.54, 1.807) is 0 Å². The Kier molecular flexibility index (Phi) is 4.24. The average molecular weight is 346 g/mol. The third-order valence-electron chi connectivity index (χ3n) is 4.64. The number of pyridine rings is 1. The van der Waals surface area contributed by atoms with Crippen molar-refractivity contribution in [3.63, 3.8) is 0 Å². The Morgan fingerprint density at radius 1 is 0.923 bits per heavy atom. The molecule has 0 aliphatic carbocycles. The molecule has 0 atom stereocenters. The van der Waals surface area contributed by atoms with Gasteiger partial charge in [-0.25, -0.2) is 14.5 Å². The molecule has 3 heterocycles. The summed E-state index contributed by atoms with van der Waals surface area (Å²) in [6.07, 6.45) is 2.45. The van der Waals surface area contributed by atoms with Crippen LogP contribution >= 0.6 is 0 Å². The van der Waals surface area contributed by atoms with Gasteiger partial charge >= 0.3 is 0 Å². The molecule has 0 aliphatic rings. The van der Waals surface area contributed by atoms with Gasteiger partial charge < -0.3 is 0 Å². The summed E-state index contributed by atoms with van der Waals surface area (Å²) in [5.74, 6) is 2.54. The van der Waals surface area contributed by atoms with Crippen LogP contribution in [-0.2, 0) is 26.3 Å². The van der Waals surface area contributed by atoms with Crippen LogP contribution in [0, 0.1) is 6.92 Å². The first-order valence-electron chi connectivity index (χ1n) is 8.95. The van der Waals surface area contributed by atoms with Crippen molar-refractivity contribution in [3.8, 4) is 11.4 Å². The minimum absolute atomic E-state index is 0.741. The lowest BCUT2D eigenvalue weighted by molar-refractivity contribution is 0.683. The van der Waals surface area contributed by atoms with E-state index in [1.165, 1.54) is 5.56 Å². The molecule has 0 aliphatic heterocycles. The van der Waals surface area contributed by atoms with Gasteiger partial charge in [0.05, 0.1) is 0 Å². The molecule has 4 rings (SSSR count). The minimum Gasteiger partial charge on any atom is -0.253 e. The fourth-order valence-corrected chi connectivity index (χ4v) is 3.12. The van der Waals surface area contributed by atoms with E-state index in [1.807, 2.05) is 46.6 Å². The first-order valence-corrected chi connectivity index (χ1v) is 8.95. The molecule has 26 heavy (non-hydrogen) atoms. The Balaban J connectivity index is 1.57. The van der Waals surface area contributed by atoms with Crippen molar-refractivity contribution in [1.29, 1.82) is 0 Å². The maximum atomic E-state index is 4.75. The molecule has 0 fully saturated rings. The normalized spacial score (nSPS) is 11.3. The maximum Gasteiger partial charge on any atom is 0.181 e. The molecule has 4 aromatic rings. The van der Waals surface area contributed by atoms with Crippen molar-refractivity contribution in [2.24, 2.45) is 7.05 Å². The van der Waals surface area contributed by atoms with E-state index in [4.69, 9.17) is 4.98 Å². The van der Waals surface area contributed by atoms with Gasteiger partial charge in [-0.05, 0) is 25.0 Å². The molecule has 6 nitrogen and oxygen atoms in total. The van der Waals surface area contributed by atoms with E-state index < -0.39 is 0 Å². The second kappa shape index (κ2) is 6.71. The smallest absolute Gasteiger partial charge is 0.181 e. The lowest BCUT2D eigenvalue weighted by Crippen LogP contribution is -2.03. The van der Waals surface area contributed by atoms with Crippen LogP contribution in [0.3, 0.4) is 0 Å². The van der Waals surface area contributed by atoms with Gasteiger partial charge in [0, 0.05) is 31.1 Å². The van der Waals surface area contributed by atoms with Crippen LogP contribution in [0.4, 0.5) is 0 Å². The zero-order valence-corrected chi connectivity index (χ0v) is 15.3. The van der Waals surface area contributed by atoms with Crippen molar-refractivity contribution in [1.82, 2.24) is 29.4 Å². The third-order valence-corrected chi connectivity index (χ3v) is 4.64. The van der Waals surface area contributed by atoms with E-state index >= 15 is 0 Å². The maximum absolute atomic E-state index is 4.75. The lowest BCUT2D eigenvalue weighted by atomic mass is 10.2. The number of hydrogen-bond acceptors (Lipinski definition) is 4. The van der Waals surface area contributed by atoms with Gasteiger partial charge in [0.25, 0.3) is 0 Å². The summed E-state index contributed by atoms with van der Waals surface area (Å²) in [7, 11) is 1.94. The molecule has 3 aromatic heterocycles. The number of nitrogens with zero attached hydrogens (tertiary/aromatic N) is 6. The first-order chi connectivity index (χ1) is 12.7. The van der Waals surface area contributed by atoms with Crippen molar-refractivity contribution >= 4 is 5.65 Å². The van der Waals surface area contributed by atoms with Crippen molar-refractivity contribution in [2.75, 3.05) is 0 Å². The van der Waals surface area contributed by atoms with Crippen LogP contribution in [0.25, 0.3) is 17.0 Å². The van der Waals surface area contributed by atoms with Gasteiger partial charge in [-0.1, -0.05) is 43.3 Å². The Hall–Kier alpha value is -3.02. The van der Waals surface area contributed by atoms with Gasteiger partial charge in [-0.15, -0.1) is 0 Å². The fourth-order valence-electron chi connectivity index (χ4n) is 3.12. The van der Waals surface area contributed by atoms with Crippen LogP contribution in [-0.4, -0.2) is 29.4 Å². The van der Waals surface area contributed by atoms with Crippen LogP contribution in [0.5, 0.6) is 0 Å². The monoisotopic (exact) mass is 346 g/mol. The number of hydrogen-bond donors (Lipinski definition) is 0. The molecule has 0 saturated heterocycles. The Bertz CT molecular complexity index is 1050. The molecule has 0 N–H and O–H groups in total. The summed E-state index contributed by atoms with van der Waals surface area (Å²) in [6.45, 7) is 4.20. The lowest BCUT2D eigenvalue weighted by Gasteiger charge is -2.01. The molecule has 1 aromatic carbocycles.